The van der Waals surface area contributed by atoms with Crippen molar-refractivity contribution >= 4 is 23.5 Å². The van der Waals surface area contributed by atoms with E-state index in [2.05, 4.69) is 0 Å². The van der Waals surface area contributed by atoms with Crippen molar-refractivity contribution in [3.05, 3.63) is 34.6 Å². The summed E-state index contributed by atoms with van der Waals surface area (Å²) in [6, 6.07) is 3.86. The Morgan fingerprint density at radius 3 is 2.85 bits per heavy atom. The van der Waals surface area contributed by atoms with E-state index in [1.54, 1.807) is 4.90 Å². The zero-order chi connectivity index (χ0) is 14.7. The van der Waals surface area contributed by atoms with Crippen LogP contribution in [0, 0.1) is 11.7 Å². The van der Waals surface area contributed by atoms with Gasteiger partial charge >= 0.3 is 5.97 Å². The molecule has 2 rings (SSSR count). The van der Waals surface area contributed by atoms with Gasteiger partial charge in [-0.05, 0) is 31.0 Å². The molecule has 0 bridgehead atoms. The quantitative estimate of drug-likeness (QED) is 0.788. The van der Waals surface area contributed by atoms with E-state index >= 15 is 0 Å². The first kappa shape index (κ1) is 14.8. The summed E-state index contributed by atoms with van der Waals surface area (Å²) in [7, 11) is 1.34. The van der Waals surface area contributed by atoms with Crippen molar-refractivity contribution in [3.8, 4) is 0 Å². The van der Waals surface area contributed by atoms with E-state index in [1.807, 2.05) is 0 Å². The van der Waals surface area contributed by atoms with E-state index in [4.69, 9.17) is 16.3 Å². The number of esters is 1. The van der Waals surface area contributed by atoms with Crippen LogP contribution in [0.5, 0.6) is 0 Å². The van der Waals surface area contributed by atoms with Crippen molar-refractivity contribution in [2.45, 2.75) is 12.8 Å². The van der Waals surface area contributed by atoms with E-state index in [0.717, 1.165) is 12.5 Å². The Morgan fingerprint density at radius 1 is 1.45 bits per heavy atom. The molecule has 0 saturated carbocycles. The summed E-state index contributed by atoms with van der Waals surface area (Å²) in [5.41, 5.74) is 0.321. The van der Waals surface area contributed by atoms with Gasteiger partial charge in [0.15, 0.2) is 0 Å². The Morgan fingerprint density at radius 2 is 2.20 bits per heavy atom. The van der Waals surface area contributed by atoms with Gasteiger partial charge in [-0.1, -0.05) is 11.6 Å². The molecule has 108 valence electrons. The molecule has 0 aromatic heterocycles. The Labute approximate surface area is 121 Å². The summed E-state index contributed by atoms with van der Waals surface area (Å²) in [5, 5.41) is -0.0858. The van der Waals surface area contributed by atoms with E-state index in [9.17, 15) is 14.0 Å². The lowest BCUT2D eigenvalue weighted by molar-refractivity contribution is -0.146. The molecule has 1 aliphatic rings. The van der Waals surface area contributed by atoms with Crippen molar-refractivity contribution in [2.24, 2.45) is 5.92 Å². The predicted octanol–water partition coefficient (Wildman–Crippen LogP) is 2.50. The Hall–Kier alpha value is -1.62. The molecular formula is C14H15ClFNO3. The summed E-state index contributed by atoms with van der Waals surface area (Å²) in [6.07, 6.45) is 1.45. The number of piperidine rings is 1. The third-order valence-electron chi connectivity index (χ3n) is 3.41. The molecule has 1 fully saturated rings. The number of likely N-dealkylation sites (tertiary alicyclic amines) is 1. The van der Waals surface area contributed by atoms with Crippen LogP contribution in [0.3, 0.4) is 0 Å². The standard InChI is InChI=1S/C14H15ClFNO3/c1-20-14(19)10-3-2-6-17(8-10)13(18)9-4-5-12(16)11(15)7-9/h4-5,7,10H,2-3,6,8H2,1H3/t10-/m0/s1. The van der Waals surface area contributed by atoms with Crippen LogP contribution < -0.4 is 0 Å². The number of benzene rings is 1. The lowest BCUT2D eigenvalue weighted by atomic mass is 9.97. The minimum absolute atomic E-state index is 0.0858. The van der Waals surface area contributed by atoms with Gasteiger partial charge in [0.05, 0.1) is 18.1 Å². The van der Waals surface area contributed by atoms with Crippen LogP contribution in [0.25, 0.3) is 0 Å². The van der Waals surface area contributed by atoms with E-state index in [1.165, 1.54) is 19.2 Å². The van der Waals surface area contributed by atoms with Crippen molar-refractivity contribution in [1.82, 2.24) is 4.90 Å². The van der Waals surface area contributed by atoms with Crippen molar-refractivity contribution in [2.75, 3.05) is 20.2 Å². The fourth-order valence-electron chi connectivity index (χ4n) is 2.33. The number of methoxy groups -OCH3 is 1. The molecule has 1 amide bonds. The van der Waals surface area contributed by atoms with Gasteiger partial charge in [0.25, 0.3) is 5.91 Å². The Bertz CT molecular complexity index is 535. The van der Waals surface area contributed by atoms with Gasteiger partial charge in [-0.2, -0.15) is 0 Å². The summed E-state index contributed by atoms with van der Waals surface area (Å²) in [6.45, 7) is 0.891. The molecule has 0 unspecified atom stereocenters. The molecule has 6 heteroatoms. The molecule has 20 heavy (non-hydrogen) atoms. The minimum atomic E-state index is -0.561. The second-order valence-corrected chi connectivity index (χ2v) is 5.15. The van der Waals surface area contributed by atoms with Gasteiger partial charge in [-0.15, -0.1) is 0 Å². The molecule has 1 aromatic rings. The molecule has 0 aliphatic carbocycles. The van der Waals surface area contributed by atoms with Gasteiger partial charge in [0.2, 0.25) is 0 Å². The highest BCUT2D eigenvalue weighted by Gasteiger charge is 2.29. The average Bonchev–Trinajstić information content (AvgIpc) is 2.48. The number of carbonyl (C=O) groups is 2. The Kier molecular flexibility index (Phi) is 4.60. The second kappa shape index (κ2) is 6.22. The first-order chi connectivity index (χ1) is 9.52. The molecule has 0 spiro atoms. The summed E-state index contributed by atoms with van der Waals surface area (Å²) in [4.78, 5) is 25.4. The van der Waals surface area contributed by atoms with Crippen molar-refractivity contribution in [3.63, 3.8) is 0 Å². The summed E-state index contributed by atoms with van der Waals surface area (Å²) >= 11 is 5.68. The zero-order valence-electron chi connectivity index (χ0n) is 11.1. The molecule has 0 radical (unpaired) electrons. The summed E-state index contributed by atoms with van der Waals surface area (Å²) < 4.78 is 17.8. The summed E-state index contributed by atoms with van der Waals surface area (Å²) in [5.74, 6) is -1.41. The third kappa shape index (κ3) is 3.10. The van der Waals surface area contributed by atoms with Crippen molar-refractivity contribution in [1.29, 1.82) is 0 Å². The van der Waals surface area contributed by atoms with Crippen LogP contribution in [-0.2, 0) is 9.53 Å². The monoisotopic (exact) mass is 299 g/mol. The maximum atomic E-state index is 13.1. The second-order valence-electron chi connectivity index (χ2n) is 4.74. The fourth-order valence-corrected chi connectivity index (χ4v) is 2.51. The SMILES string of the molecule is COC(=O)[C@H]1CCCN(C(=O)c2ccc(F)c(Cl)c2)C1. The van der Waals surface area contributed by atoms with E-state index in [-0.39, 0.29) is 22.8 Å². The Balaban J connectivity index is 2.12. The molecule has 0 N–H and O–H groups in total. The third-order valence-corrected chi connectivity index (χ3v) is 3.70. The van der Waals surface area contributed by atoms with E-state index in [0.29, 0.717) is 25.1 Å². The number of carbonyl (C=O) groups excluding carboxylic acids is 2. The van der Waals surface area contributed by atoms with E-state index < -0.39 is 5.82 Å². The largest absolute Gasteiger partial charge is 0.469 e. The first-order valence-electron chi connectivity index (χ1n) is 6.35. The molecule has 1 aliphatic heterocycles. The number of rotatable bonds is 2. The average molecular weight is 300 g/mol. The minimum Gasteiger partial charge on any atom is -0.469 e. The lowest BCUT2D eigenvalue weighted by Crippen LogP contribution is -2.42. The number of hydrogen-bond acceptors (Lipinski definition) is 3. The van der Waals surface area contributed by atoms with Gasteiger partial charge < -0.3 is 9.64 Å². The van der Waals surface area contributed by atoms with Crippen LogP contribution in [0.2, 0.25) is 5.02 Å². The van der Waals surface area contributed by atoms with Gasteiger partial charge in [-0.25, -0.2) is 4.39 Å². The smallest absolute Gasteiger partial charge is 0.310 e. The predicted molar refractivity (Wildman–Crippen MR) is 72.1 cm³/mol. The van der Waals surface area contributed by atoms with Crippen LogP contribution in [-0.4, -0.2) is 37.0 Å². The molecule has 1 heterocycles. The number of amides is 1. The zero-order valence-corrected chi connectivity index (χ0v) is 11.8. The number of hydrogen-bond donors (Lipinski definition) is 0. The normalized spacial score (nSPS) is 18.8. The molecule has 4 nitrogen and oxygen atoms in total. The number of nitrogens with zero attached hydrogens (tertiary/aromatic N) is 1. The molecule has 1 atom stereocenters. The lowest BCUT2D eigenvalue weighted by Gasteiger charge is -2.31. The molecular weight excluding hydrogens is 285 g/mol. The van der Waals surface area contributed by atoms with Crippen molar-refractivity contribution < 1.29 is 18.7 Å². The number of ether oxygens (including phenoxy) is 1. The van der Waals surface area contributed by atoms with Crippen LogP contribution in [0.4, 0.5) is 4.39 Å². The topological polar surface area (TPSA) is 46.6 Å². The molecule has 1 saturated heterocycles. The fraction of sp³-hybridized carbons (Fsp3) is 0.429. The molecule has 1 aromatic carbocycles. The van der Waals surface area contributed by atoms with Crippen LogP contribution in [0.15, 0.2) is 18.2 Å². The highest BCUT2D eigenvalue weighted by molar-refractivity contribution is 6.31. The highest BCUT2D eigenvalue weighted by atomic mass is 35.5. The van der Waals surface area contributed by atoms with Crippen LogP contribution in [0.1, 0.15) is 23.2 Å². The maximum Gasteiger partial charge on any atom is 0.310 e. The van der Waals surface area contributed by atoms with Gasteiger partial charge in [0, 0.05) is 18.7 Å². The maximum absolute atomic E-state index is 13.1. The van der Waals surface area contributed by atoms with Crippen LogP contribution >= 0.6 is 11.6 Å². The first-order valence-corrected chi connectivity index (χ1v) is 6.73. The highest BCUT2D eigenvalue weighted by Crippen LogP contribution is 2.22. The van der Waals surface area contributed by atoms with Gasteiger partial charge in [-0.3, -0.25) is 9.59 Å². The van der Waals surface area contributed by atoms with Gasteiger partial charge in [0.1, 0.15) is 5.82 Å². The number of halogens is 2.